The van der Waals surface area contributed by atoms with Gasteiger partial charge in [0.15, 0.2) is 29.0 Å². The average Bonchev–Trinajstić information content (AvgIpc) is 3.47. The van der Waals surface area contributed by atoms with Crippen LogP contribution in [0.1, 0.15) is 40.0 Å². The van der Waals surface area contributed by atoms with Gasteiger partial charge >= 0.3 is 5.97 Å². The first-order valence-corrected chi connectivity index (χ1v) is 16.7. The van der Waals surface area contributed by atoms with Crippen molar-refractivity contribution in [1.82, 2.24) is 30.2 Å². The Morgan fingerprint density at radius 1 is 1.13 bits per heavy atom. The first-order valence-electron chi connectivity index (χ1n) is 15.7. The van der Waals surface area contributed by atoms with Crippen LogP contribution >= 0.6 is 0 Å². The minimum Gasteiger partial charge on any atom is -0.755 e. The van der Waals surface area contributed by atoms with E-state index in [2.05, 4.69) is 35.5 Å². The second-order valence-electron chi connectivity index (χ2n) is 12.6. The number of piperidine rings is 1. The number of aliphatic imine (C=N–C) groups is 1. The Balaban J connectivity index is 1.27. The van der Waals surface area contributed by atoms with Crippen LogP contribution in [-0.2, 0) is 32.1 Å². The summed E-state index contributed by atoms with van der Waals surface area (Å²) < 4.78 is 34.3. The summed E-state index contributed by atoms with van der Waals surface area (Å²) in [5, 5.41) is 7.53. The molecule has 1 fully saturated rings. The normalized spacial score (nSPS) is 17.1. The van der Waals surface area contributed by atoms with Crippen LogP contribution in [0, 0.1) is 5.92 Å². The number of ether oxygens (including phenoxy) is 1. The van der Waals surface area contributed by atoms with E-state index in [1.165, 1.54) is 12.7 Å². The zero-order chi connectivity index (χ0) is 33.1. The summed E-state index contributed by atoms with van der Waals surface area (Å²) >= 11 is -2.84. The summed E-state index contributed by atoms with van der Waals surface area (Å²) in [4.78, 5) is 46.6. The van der Waals surface area contributed by atoms with Gasteiger partial charge in [-0.15, -0.1) is 0 Å². The number of hydrogen-bond acceptors (Lipinski definition) is 11. The van der Waals surface area contributed by atoms with Crippen LogP contribution in [0.2, 0.25) is 0 Å². The van der Waals surface area contributed by atoms with E-state index in [0.717, 1.165) is 22.7 Å². The number of benzene rings is 2. The number of fused-ring (bicyclic) bond motifs is 2. The third-order valence-corrected chi connectivity index (χ3v) is 8.95. The van der Waals surface area contributed by atoms with Crippen LogP contribution in [0.4, 0.5) is 11.5 Å². The molecule has 0 saturated carbocycles. The molecule has 2 aliphatic heterocycles. The molecular weight excluding hydrogens is 622 g/mol. The summed E-state index contributed by atoms with van der Waals surface area (Å²) in [5.74, 6) is 0.236. The first-order chi connectivity index (χ1) is 22.6. The molecule has 2 aromatic heterocycles. The highest BCUT2D eigenvalue weighted by molar-refractivity contribution is 7.80. The number of guanidine groups is 1. The summed E-state index contributed by atoms with van der Waals surface area (Å²) in [6.07, 6.45) is 5.16. The average molecular weight is 661 g/mol. The van der Waals surface area contributed by atoms with Crippen molar-refractivity contribution < 1.29 is 23.1 Å². The van der Waals surface area contributed by atoms with Gasteiger partial charge in [-0.25, -0.2) is 19.7 Å². The van der Waals surface area contributed by atoms with E-state index >= 15 is 0 Å². The highest BCUT2D eigenvalue weighted by Gasteiger charge is 2.34. The molecule has 1 amide bonds. The molecule has 1 saturated heterocycles. The maximum Gasteiger partial charge on any atom is 0.332 e. The molecule has 0 aliphatic carbocycles. The van der Waals surface area contributed by atoms with Gasteiger partial charge in [-0.1, -0.05) is 36.4 Å². The number of amides is 1. The number of rotatable bonds is 8. The van der Waals surface area contributed by atoms with Crippen LogP contribution < -0.4 is 19.8 Å². The summed E-state index contributed by atoms with van der Waals surface area (Å²) in [7, 11) is 0. The standard InChI is InChI=1S/C32H39N9O5S/c1-32(2,3)46-30(43)25(41(47(44)45)24-11-6-9-21-8-4-5-10-23(21)24)18-40-20-37-26-27(35-19-36-28(26)40)39-16-12-22(13-17-39)29(42)38-31-33-14-7-15-34-31/h4-6,8-11,19-20,22,25H,7,12-18H2,1-3H3,(H,44,45)(H2,33,34,38,42)/p-1. The number of nitrogens with zero attached hydrogens (tertiary/aromatic N) is 7. The molecule has 0 bridgehead atoms. The molecule has 2 aliphatic rings. The van der Waals surface area contributed by atoms with Gasteiger partial charge in [0, 0.05) is 48.7 Å². The molecule has 6 rings (SSSR count). The van der Waals surface area contributed by atoms with Gasteiger partial charge in [0.1, 0.15) is 11.9 Å². The van der Waals surface area contributed by atoms with E-state index in [9.17, 15) is 18.4 Å². The van der Waals surface area contributed by atoms with E-state index in [-0.39, 0.29) is 18.4 Å². The van der Waals surface area contributed by atoms with Gasteiger partial charge in [0.2, 0.25) is 5.91 Å². The predicted octanol–water partition coefficient (Wildman–Crippen LogP) is 2.67. The number of carbonyl (C=O) groups is 2. The lowest BCUT2D eigenvalue weighted by atomic mass is 9.96. The quantitative estimate of drug-likeness (QED) is 0.212. The molecule has 0 spiro atoms. The van der Waals surface area contributed by atoms with Crippen molar-refractivity contribution in [3.05, 3.63) is 55.1 Å². The molecule has 2 aromatic carbocycles. The van der Waals surface area contributed by atoms with Gasteiger partial charge < -0.3 is 24.1 Å². The van der Waals surface area contributed by atoms with Crippen molar-refractivity contribution in [2.24, 2.45) is 10.9 Å². The maximum atomic E-state index is 13.7. The molecule has 14 nitrogen and oxygen atoms in total. The van der Waals surface area contributed by atoms with Crippen LogP contribution in [-0.4, -0.2) is 83.9 Å². The second-order valence-corrected chi connectivity index (χ2v) is 13.4. The first kappa shape index (κ1) is 32.3. The van der Waals surface area contributed by atoms with Crippen molar-refractivity contribution >= 4 is 62.5 Å². The smallest absolute Gasteiger partial charge is 0.332 e. The summed E-state index contributed by atoms with van der Waals surface area (Å²) in [5.41, 5.74) is 0.448. The number of esters is 1. The largest absolute Gasteiger partial charge is 0.755 e. The van der Waals surface area contributed by atoms with Gasteiger partial charge in [-0.05, 0) is 51.5 Å². The number of hydrogen-bond donors (Lipinski definition) is 2. The number of carbonyl (C=O) groups excluding carboxylic acids is 2. The molecule has 15 heteroatoms. The third-order valence-electron chi connectivity index (χ3n) is 8.18. The molecule has 248 valence electrons. The third kappa shape index (κ3) is 7.20. The highest BCUT2D eigenvalue weighted by Crippen LogP contribution is 2.32. The van der Waals surface area contributed by atoms with Crippen LogP contribution in [0.15, 0.2) is 60.1 Å². The predicted molar refractivity (Wildman–Crippen MR) is 178 cm³/mol. The minimum absolute atomic E-state index is 0.0467. The summed E-state index contributed by atoms with van der Waals surface area (Å²) in [6.45, 7) is 7.76. The van der Waals surface area contributed by atoms with Gasteiger partial charge in [0.25, 0.3) is 0 Å². The number of aromatic nitrogens is 4. The van der Waals surface area contributed by atoms with Crippen LogP contribution in [0.5, 0.6) is 0 Å². The zero-order valence-corrected chi connectivity index (χ0v) is 27.4. The van der Waals surface area contributed by atoms with E-state index in [1.54, 1.807) is 37.5 Å². The lowest BCUT2D eigenvalue weighted by Crippen LogP contribution is -2.48. The Bertz CT molecular complexity index is 1830. The van der Waals surface area contributed by atoms with Crippen molar-refractivity contribution in [2.75, 3.05) is 35.4 Å². The Morgan fingerprint density at radius 2 is 1.89 bits per heavy atom. The Hall–Kier alpha value is -4.63. The van der Waals surface area contributed by atoms with E-state index in [4.69, 9.17) is 4.74 Å². The number of imidazole rings is 1. The zero-order valence-electron chi connectivity index (χ0n) is 26.6. The van der Waals surface area contributed by atoms with Gasteiger partial charge in [0.05, 0.1) is 18.6 Å². The number of nitrogens with one attached hydrogen (secondary N) is 2. The number of anilines is 2. The second kappa shape index (κ2) is 13.6. The highest BCUT2D eigenvalue weighted by atomic mass is 32.2. The van der Waals surface area contributed by atoms with Crippen molar-refractivity contribution in [1.29, 1.82) is 0 Å². The van der Waals surface area contributed by atoms with Crippen molar-refractivity contribution in [2.45, 2.75) is 58.2 Å². The van der Waals surface area contributed by atoms with Crippen molar-refractivity contribution in [3.63, 3.8) is 0 Å². The Kier molecular flexibility index (Phi) is 9.36. The molecule has 4 heterocycles. The fourth-order valence-electron chi connectivity index (χ4n) is 5.98. The lowest BCUT2D eigenvalue weighted by Gasteiger charge is -2.35. The maximum absolute atomic E-state index is 13.7. The summed E-state index contributed by atoms with van der Waals surface area (Å²) in [6, 6.07) is 11.4. The minimum atomic E-state index is -2.84. The molecule has 47 heavy (non-hydrogen) atoms. The van der Waals surface area contributed by atoms with Gasteiger partial charge in [-0.2, -0.15) is 0 Å². The lowest BCUT2D eigenvalue weighted by molar-refractivity contribution is -0.156. The molecule has 2 N–H and O–H groups in total. The monoisotopic (exact) mass is 660 g/mol. The SMILES string of the molecule is CC(C)(C)OC(=O)C(Cn1cnc2c(N3CCC(C(=O)NC4=NCCCN4)CC3)ncnc21)N(c1cccc2ccccc12)S(=O)[O-]. The fraction of sp³-hybridized carbons (Fsp3) is 0.438. The molecule has 2 unspecified atom stereocenters. The van der Waals surface area contributed by atoms with Gasteiger partial charge in [-0.3, -0.25) is 23.6 Å². The van der Waals surface area contributed by atoms with Crippen LogP contribution in [0.25, 0.3) is 21.9 Å². The van der Waals surface area contributed by atoms with E-state index < -0.39 is 28.9 Å². The van der Waals surface area contributed by atoms with E-state index in [0.29, 0.717) is 66.5 Å². The molecule has 2 atom stereocenters. The van der Waals surface area contributed by atoms with Crippen LogP contribution in [0.3, 0.4) is 0 Å². The van der Waals surface area contributed by atoms with E-state index in [1.807, 2.05) is 30.3 Å². The van der Waals surface area contributed by atoms with Crippen molar-refractivity contribution in [3.8, 4) is 0 Å². The fourth-order valence-corrected chi connectivity index (χ4v) is 6.66. The Morgan fingerprint density at radius 3 is 2.62 bits per heavy atom. The molecule has 4 aromatic rings. The molecular formula is C32H38N9O5S-. The Labute approximate surface area is 275 Å². The molecule has 0 radical (unpaired) electrons. The topological polar surface area (TPSA) is 170 Å².